The van der Waals surface area contributed by atoms with Gasteiger partial charge in [0.05, 0.1) is 11.2 Å². The predicted molar refractivity (Wildman–Crippen MR) is 147 cm³/mol. The summed E-state index contributed by atoms with van der Waals surface area (Å²) >= 11 is 0. The zero-order valence-corrected chi connectivity index (χ0v) is 20.7. The van der Waals surface area contributed by atoms with Gasteiger partial charge in [-0.15, -0.1) is 0 Å². The van der Waals surface area contributed by atoms with Crippen molar-refractivity contribution in [3.05, 3.63) is 97.1 Å². The average molecular weight is 463 g/mol. The largest absolute Gasteiger partial charge is 0.456 e. The number of anilines is 3. The molecule has 0 unspecified atom stereocenters. The van der Waals surface area contributed by atoms with Crippen molar-refractivity contribution >= 4 is 51.9 Å². The van der Waals surface area contributed by atoms with E-state index >= 15 is 0 Å². The third kappa shape index (κ3) is 4.57. The number of aliphatic hydroxyl groups is 1. The normalized spacial score (nSPS) is 12.3. The fraction of sp³-hybridized carbons (Fsp3) is 0.200. The van der Waals surface area contributed by atoms with E-state index in [1.54, 1.807) is 13.8 Å². The van der Waals surface area contributed by atoms with Crippen molar-refractivity contribution in [2.45, 2.75) is 38.9 Å². The SMILES string of the molecule is CC(C)(O)C(C)(C)OBc1cccc(N(c2ccccc2)c2ccc3c(c2)oc2ccccc23)c1. The van der Waals surface area contributed by atoms with E-state index in [-0.39, 0.29) is 0 Å². The number of hydrogen-bond acceptors (Lipinski definition) is 4. The number of furan rings is 1. The molecule has 0 aliphatic rings. The van der Waals surface area contributed by atoms with Crippen LogP contribution in [0, 0.1) is 0 Å². The van der Waals surface area contributed by atoms with E-state index in [2.05, 4.69) is 59.5 Å². The number of benzene rings is 4. The lowest BCUT2D eigenvalue weighted by Gasteiger charge is -2.37. The van der Waals surface area contributed by atoms with Crippen LogP contribution >= 0.6 is 0 Å². The summed E-state index contributed by atoms with van der Waals surface area (Å²) < 4.78 is 12.3. The van der Waals surface area contributed by atoms with Gasteiger partial charge in [0, 0.05) is 33.9 Å². The van der Waals surface area contributed by atoms with Crippen molar-refractivity contribution in [3.8, 4) is 0 Å². The lowest BCUT2D eigenvalue weighted by Crippen LogP contribution is -2.49. The maximum Gasteiger partial charge on any atom is 0.309 e. The lowest BCUT2D eigenvalue weighted by molar-refractivity contribution is -0.0893. The zero-order valence-electron chi connectivity index (χ0n) is 20.7. The quantitative estimate of drug-likeness (QED) is 0.276. The molecule has 4 nitrogen and oxygen atoms in total. The van der Waals surface area contributed by atoms with Crippen LogP contribution in [0.2, 0.25) is 0 Å². The Morgan fingerprint density at radius 3 is 2.11 bits per heavy atom. The van der Waals surface area contributed by atoms with Crippen molar-refractivity contribution in [3.63, 3.8) is 0 Å². The van der Waals surface area contributed by atoms with Crippen LogP contribution in [0.4, 0.5) is 17.1 Å². The van der Waals surface area contributed by atoms with E-state index in [1.807, 2.05) is 56.3 Å². The monoisotopic (exact) mass is 463 g/mol. The van der Waals surface area contributed by atoms with Gasteiger partial charge in [-0.2, -0.15) is 0 Å². The first kappa shape index (κ1) is 23.2. The molecule has 1 N–H and O–H groups in total. The Hall–Kier alpha value is -3.54. The van der Waals surface area contributed by atoms with E-state index in [1.165, 1.54) is 0 Å². The van der Waals surface area contributed by atoms with Crippen molar-refractivity contribution in [1.82, 2.24) is 0 Å². The highest BCUT2D eigenvalue weighted by atomic mass is 16.5. The van der Waals surface area contributed by atoms with Gasteiger partial charge in [0.2, 0.25) is 0 Å². The van der Waals surface area contributed by atoms with Crippen LogP contribution < -0.4 is 10.4 Å². The second-order valence-corrected chi connectivity index (χ2v) is 9.98. The van der Waals surface area contributed by atoms with Gasteiger partial charge in [0.25, 0.3) is 0 Å². The van der Waals surface area contributed by atoms with Gasteiger partial charge in [0.1, 0.15) is 11.2 Å². The van der Waals surface area contributed by atoms with E-state index < -0.39 is 11.2 Å². The first-order chi connectivity index (χ1) is 16.7. The molecular formula is C30H30BNO3. The molecular weight excluding hydrogens is 433 g/mol. The highest BCUT2D eigenvalue weighted by Crippen LogP contribution is 2.38. The third-order valence-corrected chi connectivity index (χ3v) is 6.88. The van der Waals surface area contributed by atoms with Crippen molar-refractivity contribution in [1.29, 1.82) is 0 Å². The first-order valence-corrected chi connectivity index (χ1v) is 11.9. The lowest BCUT2D eigenvalue weighted by atomic mass is 9.82. The zero-order chi connectivity index (χ0) is 24.6. The summed E-state index contributed by atoms with van der Waals surface area (Å²) in [4.78, 5) is 2.22. The highest BCUT2D eigenvalue weighted by molar-refractivity contribution is 6.47. The minimum atomic E-state index is -0.956. The van der Waals surface area contributed by atoms with Crippen LogP contribution in [0.3, 0.4) is 0 Å². The second-order valence-electron chi connectivity index (χ2n) is 9.98. The smallest absolute Gasteiger partial charge is 0.309 e. The molecule has 0 bridgehead atoms. The Kier molecular flexibility index (Phi) is 5.91. The molecule has 4 aromatic carbocycles. The summed E-state index contributed by atoms with van der Waals surface area (Å²) in [6, 6.07) is 33.1. The molecule has 5 heteroatoms. The van der Waals surface area contributed by atoms with Crippen molar-refractivity contribution < 1.29 is 14.2 Å². The average Bonchev–Trinajstić information content (AvgIpc) is 3.21. The number of hydrogen-bond donors (Lipinski definition) is 1. The molecule has 0 fully saturated rings. The summed E-state index contributed by atoms with van der Waals surface area (Å²) in [6.07, 6.45) is 0. The molecule has 1 heterocycles. The Labute approximate surface area is 207 Å². The molecule has 0 aliphatic heterocycles. The Balaban J connectivity index is 1.55. The topological polar surface area (TPSA) is 45.8 Å². The predicted octanol–water partition coefficient (Wildman–Crippen LogP) is 6.60. The molecule has 1 aromatic heterocycles. The van der Waals surface area contributed by atoms with Gasteiger partial charge >= 0.3 is 7.48 Å². The number of nitrogens with zero attached hydrogens (tertiary/aromatic N) is 1. The van der Waals surface area contributed by atoms with E-state index in [0.717, 1.165) is 44.5 Å². The fourth-order valence-corrected chi connectivity index (χ4v) is 4.10. The van der Waals surface area contributed by atoms with Gasteiger partial charge in [0.15, 0.2) is 0 Å². The van der Waals surface area contributed by atoms with Gasteiger partial charge in [-0.25, -0.2) is 0 Å². The van der Waals surface area contributed by atoms with Crippen molar-refractivity contribution in [2.24, 2.45) is 0 Å². The summed E-state index contributed by atoms with van der Waals surface area (Å²) in [5.41, 5.74) is 4.22. The molecule has 5 aromatic rings. The van der Waals surface area contributed by atoms with E-state index in [9.17, 15) is 5.11 Å². The van der Waals surface area contributed by atoms with E-state index in [0.29, 0.717) is 7.48 Å². The molecule has 0 spiro atoms. The third-order valence-electron chi connectivity index (χ3n) is 6.88. The Morgan fingerprint density at radius 1 is 0.686 bits per heavy atom. The summed E-state index contributed by atoms with van der Waals surface area (Å²) in [7, 11) is 0.399. The standard InChI is InChI=1S/C30H30BNO3/c1-29(2,33)30(3,4)35-31-21-11-10-14-23(19-21)32(22-12-6-5-7-13-22)24-17-18-26-25-15-8-9-16-27(25)34-28(26)20-24/h5-20,31,33H,1-4H3. The Bertz CT molecular complexity index is 1470. The fourth-order valence-electron chi connectivity index (χ4n) is 4.10. The molecule has 0 amide bonds. The molecule has 176 valence electrons. The summed E-state index contributed by atoms with van der Waals surface area (Å²) in [5.74, 6) is 0. The molecule has 0 radical (unpaired) electrons. The van der Waals surface area contributed by atoms with Gasteiger partial charge in [-0.1, -0.05) is 54.0 Å². The highest BCUT2D eigenvalue weighted by Gasteiger charge is 2.35. The molecule has 0 atom stereocenters. The second kappa shape index (κ2) is 8.92. The maximum absolute atomic E-state index is 10.5. The molecule has 0 aliphatic carbocycles. The minimum Gasteiger partial charge on any atom is -0.456 e. The van der Waals surface area contributed by atoms with Crippen LogP contribution in [-0.2, 0) is 4.65 Å². The number of rotatable bonds is 7. The van der Waals surface area contributed by atoms with Crippen LogP contribution in [0.1, 0.15) is 27.7 Å². The van der Waals surface area contributed by atoms with Crippen LogP contribution in [0.15, 0.2) is 101 Å². The molecule has 35 heavy (non-hydrogen) atoms. The number of fused-ring (bicyclic) bond motifs is 3. The molecule has 5 rings (SSSR count). The van der Waals surface area contributed by atoms with E-state index in [4.69, 9.17) is 9.07 Å². The van der Waals surface area contributed by atoms with Crippen LogP contribution in [0.5, 0.6) is 0 Å². The molecule has 0 saturated heterocycles. The van der Waals surface area contributed by atoms with Gasteiger partial charge in [-0.3, -0.25) is 0 Å². The first-order valence-electron chi connectivity index (χ1n) is 11.9. The minimum absolute atomic E-state index is 0.399. The Morgan fingerprint density at radius 2 is 1.34 bits per heavy atom. The van der Waals surface area contributed by atoms with Gasteiger partial charge in [-0.05, 0) is 70.2 Å². The van der Waals surface area contributed by atoms with Crippen LogP contribution in [0.25, 0.3) is 21.9 Å². The summed E-state index contributed by atoms with van der Waals surface area (Å²) in [5, 5.41) is 12.7. The van der Waals surface area contributed by atoms with Crippen LogP contribution in [-0.4, -0.2) is 23.8 Å². The van der Waals surface area contributed by atoms with Crippen molar-refractivity contribution in [2.75, 3.05) is 4.90 Å². The summed E-state index contributed by atoms with van der Waals surface area (Å²) in [6.45, 7) is 7.37. The van der Waals surface area contributed by atoms with Gasteiger partial charge < -0.3 is 19.1 Å². The maximum atomic E-state index is 10.5. The molecule has 0 saturated carbocycles. The number of para-hydroxylation sites is 2.